The van der Waals surface area contributed by atoms with E-state index in [1.54, 1.807) is 30.3 Å². The van der Waals surface area contributed by atoms with Gasteiger partial charge in [0.1, 0.15) is 12.9 Å². The van der Waals surface area contributed by atoms with E-state index in [1.165, 1.54) is 31.5 Å². The van der Waals surface area contributed by atoms with Gasteiger partial charge in [-0.2, -0.15) is 8.78 Å². The van der Waals surface area contributed by atoms with Gasteiger partial charge in [-0.15, -0.1) is 0 Å². The smallest absolute Gasteiger partial charge is 0.387 e. The summed E-state index contributed by atoms with van der Waals surface area (Å²) in [5.41, 5.74) is 1.29. The van der Waals surface area contributed by atoms with E-state index in [1.807, 2.05) is 0 Å². The highest BCUT2D eigenvalue weighted by atomic mass is 19.3. The van der Waals surface area contributed by atoms with E-state index in [4.69, 9.17) is 0 Å². The number of para-hydroxylation sites is 2. The Morgan fingerprint density at radius 1 is 1.17 bits per heavy atom. The SMILES string of the molecule is CO/N=C/c1ccc(C(=O)Nc2ccccc2OC(F)F)cc1. The molecule has 0 fully saturated rings. The summed E-state index contributed by atoms with van der Waals surface area (Å²) in [5, 5.41) is 6.15. The van der Waals surface area contributed by atoms with Crippen molar-refractivity contribution in [3.05, 3.63) is 59.7 Å². The minimum atomic E-state index is -2.97. The van der Waals surface area contributed by atoms with E-state index in [0.29, 0.717) is 5.56 Å². The van der Waals surface area contributed by atoms with E-state index in [-0.39, 0.29) is 11.4 Å². The molecule has 0 saturated heterocycles. The van der Waals surface area contributed by atoms with Crippen LogP contribution in [0.1, 0.15) is 15.9 Å². The second-order valence-electron chi connectivity index (χ2n) is 4.37. The molecule has 0 aliphatic heterocycles. The molecule has 0 radical (unpaired) electrons. The molecule has 23 heavy (non-hydrogen) atoms. The van der Waals surface area contributed by atoms with Crippen LogP contribution in [0.5, 0.6) is 5.75 Å². The Bertz CT molecular complexity index is 688. The highest BCUT2D eigenvalue weighted by Crippen LogP contribution is 2.26. The zero-order chi connectivity index (χ0) is 16.7. The van der Waals surface area contributed by atoms with Crippen LogP contribution in [-0.4, -0.2) is 25.8 Å². The van der Waals surface area contributed by atoms with Crippen molar-refractivity contribution in [3.63, 3.8) is 0 Å². The predicted molar refractivity (Wildman–Crippen MR) is 82.1 cm³/mol. The Kier molecular flexibility index (Phi) is 5.62. The molecule has 2 aromatic rings. The summed E-state index contributed by atoms with van der Waals surface area (Å²) < 4.78 is 29.1. The van der Waals surface area contributed by atoms with Gasteiger partial charge in [0.15, 0.2) is 0 Å². The van der Waals surface area contributed by atoms with Crippen LogP contribution in [-0.2, 0) is 4.84 Å². The molecule has 0 aliphatic carbocycles. The topological polar surface area (TPSA) is 59.9 Å². The summed E-state index contributed by atoms with van der Waals surface area (Å²) in [6, 6.07) is 12.5. The van der Waals surface area contributed by atoms with Gasteiger partial charge in [0, 0.05) is 5.56 Å². The largest absolute Gasteiger partial charge is 0.433 e. The Morgan fingerprint density at radius 3 is 2.52 bits per heavy atom. The Labute approximate surface area is 131 Å². The van der Waals surface area contributed by atoms with E-state index in [9.17, 15) is 13.6 Å². The molecule has 1 N–H and O–H groups in total. The number of amides is 1. The van der Waals surface area contributed by atoms with Gasteiger partial charge in [-0.3, -0.25) is 4.79 Å². The normalized spacial score (nSPS) is 10.8. The fourth-order valence-corrected chi connectivity index (χ4v) is 1.80. The molecule has 2 aromatic carbocycles. The molecule has 0 aliphatic rings. The quantitative estimate of drug-likeness (QED) is 0.654. The summed E-state index contributed by atoms with van der Waals surface area (Å²) >= 11 is 0. The zero-order valence-electron chi connectivity index (χ0n) is 12.2. The number of carbonyl (C=O) groups is 1. The third kappa shape index (κ3) is 4.77. The molecule has 1 amide bonds. The monoisotopic (exact) mass is 320 g/mol. The molecule has 0 aromatic heterocycles. The zero-order valence-corrected chi connectivity index (χ0v) is 12.2. The average Bonchev–Trinajstić information content (AvgIpc) is 2.54. The van der Waals surface area contributed by atoms with E-state index in [2.05, 4.69) is 20.0 Å². The first-order chi connectivity index (χ1) is 11.1. The van der Waals surface area contributed by atoms with Gasteiger partial charge in [-0.1, -0.05) is 29.4 Å². The van der Waals surface area contributed by atoms with Crippen molar-refractivity contribution >= 4 is 17.8 Å². The number of ether oxygens (including phenoxy) is 1. The van der Waals surface area contributed by atoms with Crippen LogP contribution >= 0.6 is 0 Å². The number of nitrogens with zero attached hydrogens (tertiary/aromatic N) is 1. The van der Waals surface area contributed by atoms with Crippen LogP contribution < -0.4 is 10.1 Å². The van der Waals surface area contributed by atoms with Crippen LogP contribution in [0.15, 0.2) is 53.7 Å². The first-order valence-electron chi connectivity index (χ1n) is 6.62. The average molecular weight is 320 g/mol. The fraction of sp³-hybridized carbons (Fsp3) is 0.125. The van der Waals surface area contributed by atoms with Gasteiger partial charge in [0.25, 0.3) is 5.91 Å². The van der Waals surface area contributed by atoms with Gasteiger partial charge in [-0.25, -0.2) is 0 Å². The highest BCUT2D eigenvalue weighted by molar-refractivity contribution is 6.05. The molecule has 7 heteroatoms. The van der Waals surface area contributed by atoms with E-state index >= 15 is 0 Å². The first kappa shape index (κ1) is 16.4. The lowest BCUT2D eigenvalue weighted by molar-refractivity contribution is -0.0493. The molecular weight excluding hydrogens is 306 g/mol. The van der Waals surface area contributed by atoms with Crippen LogP contribution in [0.3, 0.4) is 0 Å². The molecule has 5 nitrogen and oxygen atoms in total. The molecule has 2 rings (SSSR count). The fourth-order valence-electron chi connectivity index (χ4n) is 1.80. The lowest BCUT2D eigenvalue weighted by Crippen LogP contribution is -2.13. The van der Waals surface area contributed by atoms with E-state index < -0.39 is 12.5 Å². The van der Waals surface area contributed by atoms with Gasteiger partial charge < -0.3 is 14.9 Å². The van der Waals surface area contributed by atoms with Crippen molar-refractivity contribution in [1.82, 2.24) is 0 Å². The van der Waals surface area contributed by atoms with Gasteiger partial charge in [-0.05, 0) is 29.8 Å². The Balaban J connectivity index is 2.11. The van der Waals surface area contributed by atoms with Crippen LogP contribution in [0.25, 0.3) is 0 Å². The van der Waals surface area contributed by atoms with Crippen molar-refractivity contribution in [3.8, 4) is 5.75 Å². The van der Waals surface area contributed by atoms with Gasteiger partial charge in [0.2, 0.25) is 0 Å². The number of oxime groups is 1. The third-order valence-electron chi connectivity index (χ3n) is 2.83. The van der Waals surface area contributed by atoms with Crippen LogP contribution in [0.2, 0.25) is 0 Å². The highest BCUT2D eigenvalue weighted by Gasteiger charge is 2.12. The number of carbonyl (C=O) groups excluding carboxylic acids is 1. The van der Waals surface area contributed by atoms with Crippen molar-refractivity contribution in [2.24, 2.45) is 5.16 Å². The second-order valence-corrected chi connectivity index (χ2v) is 4.37. The van der Waals surface area contributed by atoms with Crippen molar-refractivity contribution in [2.45, 2.75) is 6.61 Å². The molecular formula is C16H14F2N2O3. The molecule has 0 spiro atoms. The number of benzene rings is 2. The first-order valence-corrected chi connectivity index (χ1v) is 6.62. The Morgan fingerprint density at radius 2 is 1.87 bits per heavy atom. The summed E-state index contributed by atoms with van der Waals surface area (Å²) in [7, 11) is 1.43. The van der Waals surface area contributed by atoms with Gasteiger partial charge >= 0.3 is 6.61 Å². The number of hydrogen-bond acceptors (Lipinski definition) is 4. The second kappa shape index (κ2) is 7.88. The number of anilines is 1. The summed E-state index contributed by atoms with van der Waals surface area (Å²) in [4.78, 5) is 16.7. The minimum absolute atomic E-state index is 0.0975. The summed E-state index contributed by atoms with van der Waals surface area (Å²) in [6.45, 7) is -2.97. The standard InChI is InChI=1S/C16H14F2N2O3/c1-22-19-10-11-6-8-12(9-7-11)15(21)20-13-4-2-3-5-14(13)23-16(17)18/h2-10,16H,1H3,(H,20,21)/b19-10+. The van der Waals surface area contributed by atoms with Crippen LogP contribution in [0.4, 0.5) is 14.5 Å². The minimum Gasteiger partial charge on any atom is -0.433 e. The molecule has 0 atom stereocenters. The predicted octanol–water partition coefficient (Wildman–Crippen LogP) is 3.52. The van der Waals surface area contributed by atoms with Gasteiger partial charge in [0.05, 0.1) is 11.9 Å². The maximum absolute atomic E-state index is 12.3. The summed E-state index contributed by atoms with van der Waals surface area (Å²) in [5.74, 6) is -0.537. The number of hydrogen-bond donors (Lipinski definition) is 1. The van der Waals surface area contributed by atoms with Crippen molar-refractivity contribution in [1.29, 1.82) is 0 Å². The lowest BCUT2D eigenvalue weighted by Gasteiger charge is -2.11. The molecule has 120 valence electrons. The van der Waals surface area contributed by atoms with Crippen LogP contribution in [0, 0.1) is 0 Å². The van der Waals surface area contributed by atoms with Crippen molar-refractivity contribution < 1.29 is 23.1 Å². The maximum Gasteiger partial charge on any atom is 0.387 e. The third-order valence-corrected chi connectivity index (χ3v) is 2.83. The Hall–Kier alpha value is -2.96. The molecule has 0 saturated carbocycles. The maximum atomic E-state index is 12.3. The number of halogens is 2. The molecule has 0 bridgehead atoms. The van der Waals surface area contributed by atoms with Crippen molar-refractivity contribution in [2.75, 3.05) is 12.4 Å². The lowest BCUT2D eigenvalue weighted by atomic mass is 10.1. The number of rotatable bonds is 6. The number of alkyl halides is 2. The molecule has 0 unspecified atom stereocenters. The number of nitrogens with one attached hydrogen (secondary N) is 1. The van der Waals surface area contributed by atoms with E-state index in [0.717, 1.165) is 5.56 Å². The molecule has 0 heterocycles. The summed E-state index contributed by atoms with van der Waals surface area (Å²) in [6.07, 6.45) is 1.49.